The molecule has 0 spiro atoms. The summed E-state index contributed by atoms with van der Waals surface area (Å²) in [6, 6.07) is 0. The topological polar surface area (TPSA) is 121 Å². The van der Waals surface area contributed by atoms with Gasteiger partial charge in [0.05, 0.1) is 40.0 Å². The van der Waals surface area contributed by atoms with Crippen molar-refractivity contribution in [1.29, 1.82) is 0 Å². The number of unbranched alkanes of at least 4 members (excludes halogenated alkanes) is 9. The van der Waals surface area contributed by atoms with E-state index in [0.717, 1.165) is 70.6 Å². The molecule has 1 fully saturated rings. The van der Waals surface area contributed by atoms with Crippen LogP contribution in [0, 0.1) is 0 Å². The fraction of sp³-hybridized carbons (Fsp3) is 0.696. The average Bonchev–Trinajstić information content (AvgIpc) is 3.92. The molecule has 1 heterocycles. The fourth-order valence-corrected chi connectivity index (χ4v) is 6.33. The van der Waals surface area contributed by atoms with Crippen LogP contribution < -0.4 is 0 Å². The number of hydrogen-bond acceptors (Lipinski definition) is 8. The standard InChI is InChI=1S/C46H78NO9P/c1-6-8-10-12-14-15-16-17-18-19-20-21-24-28-32-36-45(48)52-40-42(41-54-57(50,51)53-39-38-47(3,4)5)55-46(49)37-33-29-25-22-23-27-31-35-44-43(56-44)34-30-26-13-11-9-7-2/h9,11,14-15,17-18,22,25-27,30-31,42-44H,6-8,10,12-13,16,19-21,23-24,28-29,32-41H2,1-5H3/p+1/b11-9-,15-14-,18-17-,25-22-,30-26-,31-27-. The Morgan fingerprint density at radius 1 is 0.649 bits per heavy atom. The highest BCUT2D eigenvalue weighted by Gasteiger charge is 2.36. The van der Waals surface area contributed by atoms with E-state index in [-0.39, 0.29) is 26.1 Å². The lowest BCUT2D eigenvalue weighted by Gasteiger charge is -2.24. The highest BCUT2D eigenvalue weighted by molar-refractivity contribution is 7.47. The van der Waals surface area contributed by atoms with Crippen molar-refractivity contribution in [3.8, 4) is 0 Å². The number of hydrogen-bond donors (Lipinski definition) is 1. The second kappa shape index (κ2) is 34.3. The van der Waals surface area contributed by atoms with Gasteiger partial charge in [-0.05, 0) is 83.5 Å². The van der Waals surface area contributed by atoms with Crippen LogP contribution in [0.2, 0.25) is 0 Å². The van der Waals surface area contributed by atoms with E-state index in [2.05, 4.69) is 80.7 Å². The molecule has 0 aromatic rings. The van der Waals surface area contributed by atoms with Crippen molar-refractivity contribution < 1.29 is 46.8 Å². The summed E-state index contributed by atoms with van der Waals surface area (Å²) < 4.78 is 40.0. The summed E-state index contributed by atoms with van der Waals surface area (Å²) in [5, 5.41) is 0. The highest BCUT2D eigenvalue weighted by Crippen LogP contribution is 2.43. The predicted octanol–water partition coefficient (Wildman–Crippen LogP) is 11.2. The molecular formula is C46H79NO9P+. The van der Waals surface area contributed by atoms with E-state index in [0.29, 0.717) is 42.5 Å². The summed E-state index contributed by atoms with van der Waals surface area (Å²) in [7, 11) is 1.41. The molecule has 4 atom stereocenters. The number of carbonyl (C=O) groups is 2. The van der Waals surface area contributed by atoms with E-state index in [9.17, 15) is 19.0 Å². The van der Waals surface area contributed by atoms with Crippen molar-refractivity contribution >= 4 is 19.8 Å². The van der Waals surface area contributed by atoms with E-state index in [1.165, 1.54) is 25.7 Å². The Bertz CT molecular complexity index is 1270. The SMILES string of the molecule is CC/C=C\C/C=C\CC1OC1C/C=C\C/C=C\CCCC(=O)OC(COC(=O)CCCCCCC/C=C\C/C=C\CCCCC)COP(=O)(O)OCC[N+](C)(C)C. The van der Waals surface area contributed by atoms with Crippen LogP contribution in [0.4, 0.5) is 0 Å². The van der Waals surface area contributed by atoms with Crippen LogP contribution in [0.15, 0.2) is 72.9 Å². The number of quaternary nitrogens is 1. The van der Waals surface area contributed by atoms with E-state index in [4.69, 9.17) is 23.3 Å². The number of ether oxygens (including phenoxy) is 3. The molecule has 57 heavy (non-hydrogen) atoms. The number of carbonyl (C=O) groups excluding carboxylic acids is 2. The Morgan fingerprint density at radius 3 is 1.77 bits per heavy atom. The van der Waals surface area contributed by atoms with Crippen LogP contribution in [0.25, 0.3) is 0 Å². The van der Waals surface area contributed by atoms with Gasteiger partial charge in [0.1, 0.15) is 19.8 Å². The summed E-state index contributed by atoms with van der Waals surface area (Å²) in [6.07, 6.45) is 44.1. The Labute approximate surface area is 346 Å². The summed E-state index contributed by atoms with van der Waals surface area (Å²) in [5.41, 5.74) is 0. The molecule has 0 aromatic carbocycles. The van der Waals surface area contributed by atoms with Gasteiger partial charge < -0.3 is 23.6 Å². The van der Waals surface area contributed by atoms with Crippen molar-refractivity contribution in [1.82, 2.24) is 0 Å². The number of likely N-dealkylation sites (N-methyl/N-ethyl adjacent to an activating group) is 1. The van der Waals surface area contributed by atoms with Gasteiger partial charge in [0.25, 0.3) is 0 Å². The normalized spacial score (nSPS) is 17.9. The maximum atomic E-state index is 12.7. The maximum absolute atomic E-state index is 12.7. The van der Waals surface area contributed by atoms with Crippen molar-refractivity contribution in [2.45, 2.75) is 161 Å². The monoisotopic (exact) mass is 821 g/mol. The van der Waals surface area contributed by atoms with Crippen molar-refractivity contribution in [2.75, 3.05) is 47.5 Å². The minimum absolute atomic E-state index is 0.0123. The Balaban J connectivity index is 2.35. The molecule has 1 aliphatic heterocycles. The Hall–Kier alpha value is -2.59. The lowest BCUT2D eigenvalue weighted by atomic mass is 10.1. The minimum atomic E-state index is -4.40. The lowest BCUT2D eigenvalue weighted by molar-refractivity contribution is -0.870. The van der Waals surface area contributed by atoms with Gasteiger partial charge in [-0.25, -0.2) is 4.57 Å². The Morgan fingerprint density at radius 2 is 1.18 bits per heavy atom. The molecule has 0 aromatic heterocycles. The van der Waals surface area contributed by atoms with Crippen molar-refractivity contribution in [2.24, 2.45) is 0 Å². The van der Waals surface area contributed by atoms with E-state index >= 15 is 0 Å². The number of esters is 2. The minimum Gasteiger partial charge on any atom is -0.462 e. The molecule has 326 valence electrons. The third-order valence-electron chi connectivity index (χ3n) is 9.12. The third kappa shape index (κ3) is 35.1. The van der Waals surface area contributed by atoms with Gasteiger partial charge in [0.2, 0.25) is 0 Å². The van der Waals surface area contributed by atoms with Gasteiger partial charge in [0, 0.05) is 12.8 Å². The molecule has 1 saturated heterocycles. The number of allylic oxidation sites excluding steroid dienone is 10. The van der Waals surface area contributed by atoms with Gasteiger partial charge in [-0.1, -0.05) is 119 Å². The zero-order chi connectivity index (χ0) is 41.9. The average molecular weight is 821 g/mol. The number of phosphoric acid groups is 1. The van der Waals surface area contributed by atoms with Crippen LogP contribution in [0.1, 0.15) is 142 Å². The van der Waals surface area contributed by atoms with Crippen LogP contribution >= 0.6 is 7.82 Å². The molecule has 11 heteroatoms. The molecule has 1 N–H and O–H groups in total. The summed E-state index contributed by atoms with van der Waals surface area (Å²) in [4.78, 5) is 35.4. The number of nitrogens with zero attached hydrogens (tertiary/aromatic N) is 1. The summed E-state index contributed by atoms with van der Waals surface area (Å²) >= 11 is 0. The first-order valence-electron chi connectivity index (χ1n) is 21.8. The summed E-state index contributed by atoms with van der Waals surface area (Å²) in [5.74, 6) is -0.897. The molecule has 4 unspecified atom stereocenters. The first-order chi connectivity index (χ1) is 27.5. The van der Waals surface area contributed by atoms with Crippen molar-refractivity contribution in [3.05, 3.63) is 72.9 Å². The van der Waals surface area contributed by atoms with Crippen LogP contribution in [0.3, 0.4) is 0 Å². The fourth-order valence-electron chi connectivity index (χ4n) is 5.59. The van der Waals surface area contributed by atoms with E-state index in [1.54, 1.807) is 0 Å². The summed E-state index contributed by atoms with van der Waals surface area (Å²) in [6.45, 7) is 4.16. The zero-order valence-corrected chi connectivity index (χ0v) is 37.1. The molecule has 10 nitrogen and oxygen atoms in total. The molecule has 0 amide bonds. The maximum Gasteiger partial charge on any atom is 0.472 e. The third-order valence-corrected chi connectivity index (χ3v) is 10.1. The first kappa shape index (κ1) is 52.4. The first-order valence-corrected chi connectivity index (χ1v) is 23.3. The molecule has 0 radical (unpaired) electrons. The lowest BCUT2D eigenvalue weighted by Crippen LogP contribution is -2.37. The second-order valence-electron chi connectivity index (χ2n) is 15.7. The predicted molar refractivity (Wildman–Crippen MR) is 233 cm³/mol. The van der Waals surface area contributed by atoms with Crippen molar-refractivity contribution in [3.63, 3.8) is 0 Å². The highest BCUT2D eigenvalue weighted by atomic mass is 31.2. The molecule has 0 saturated carbocycles. The molecule has 0 bridgehead atoms. The van der Waals surface area contributed by atoms with E-state index < -0.39 is 32.5 Å². The molecule has 1 aliphatic rings. The van der Waals surface area contributed by atoms with Gasteiger partial charge in [-0.2, -0.15) is 0 Å². The van der Waals surface area contributed by atoms with Gasteiger partial charge in [-0.3, -0.25) is 18.6 Å². The quantitative estimate of drug-likeness (QED) is 0.0163. The zero-order valence-electron chi connectivity index (χ0n) is 36.2. The van der Waals surface area contributed by atoms with E-state index in [1.807, 2.05) is 27.2 Å². The molecular weight excluding hydrogens is 741 g/mol. The second-order valence-corrected chi connectivity index (χ2v) is 17.2. The largest absolute Gasteiger partial charge is 0.472 e. The smallest absolute Gasteiger partial charge is 0.462 e. The number of phosphoric ester groups is 1. The van der Waals surface area contributed by atoms with Crippen LogP contribution in [-0.2, 0) is 37.4 Å². The van der Waals surface area contributed by atoms with Crippen LogP contribution in [-0.4, -0.2) is 87.1 Å². The Kier molecular flexibility index (Phi) is 31.5. The van der Waals surface area contributed by atoms with Crippen LogP contribution in [0.5, 0.6) is 0 Å². The molecule has 0 aliphatic carbocycles. The van der Waals surface area contributed by atoms with Gasteiger partial charge in [-0.15, -0.1) is 0 Å². The molecule has 1 rings (SSSR count). The van der Waals surface area contributed by atoms with Gasteiger partial charge in [0.15, 0.2) is 6.10 Å². The number of epoxide rings is 1. The van der Waals surface area contributed by atoms with Gasteiger partial charge >= 0.3 is 19.8 Å². The number of rotatable bonds is 37.